The Morgan fingerprint density at radius 2 is 1.92 bits per heavy atom. The number of hydrogen-bond acceptors (Lipinski definition) is 8. The number of alkyl halides is 4. The van der Waals surface area contributed by atoms with Gasteiger partial charge in [0.05, 0.1) is 25.4 Å². The quantitative estimate of drug-likeness (QED) is 0.467. The van der Waals surface area contributed by atoms with Crippen LogP contribution < -0.4 is 10.5 Å². The van der Waals surface area contributed by atoms with Gasteiger partial charge < -0.3 is 25.4 Å². The van der Waals surface area contributed by atoms with Crippen molar-refractivity contribution in [1.29, 1.82) is 0 Å². The Balaban J connectivity index is 1.65. The van der Waals surface area contributed by atoms with Crippen molar-refractivity contribution in [3.05, 3.63) is 35.8 Å². The van der Waals surface area contributed by atoms with E-state index < -0.39 is 48.9 Å². The molecule has 4 rings (SSSR count). The number of likely N-dealkylation sites (tertiary alicyclic amines) is 1. The number of ether oxygens (including phenoxy) is 1. The van der Waals surface area contributed by atoms with Crippen molar-refractivity contribution >= 4 is 23.1 Å². The van der Waals surface area contributed by atoms with Crippen molar-refractivity contribution in [3.8, 4) is 17.1 Å². The number of nitrogen functional groups attached to an aromatic ring is 1. The Hall–Kier alpha value is -4.01. The Morgan fingerprint density at radius 3 is 2.55 bits per heavy atom. The zero-order valence-electron chi connectivity index (χ0n) is 20.8. The molecule has 1 saturated heterocycles. The minimum atomic E-state index is -5.26. The molecular formula is C23H25F4N7O4. The van der Waals surface area contributed by atoms with Gasteiger partial charge in [0.15, 0.2) is 5.82 Å². The van der Waals surface area contributed by atoms with E-state index in [1.165, 1.54) is 37.3 Å². The summed E-state index contributed by atoms with van der Waals surface area (Å²) in [7, 11) is 2.54. The van der Waals surface area contributed by atoms with Crippen LogP contribution in [0.1, 0.15) is 22.8 Å². The number of hydrogen-bond donors (Lipinski definition) is 2. The van der Waals surface area contributed by atoms with Crippen LogP contribution in [0.15, 0.2) is 24.7 Å². The normalized spacial score (nSPS) is 19.4. The number of pyridine rings is 1. The second-order valence-corrected chi connectivity index (χ2v) is 9.18. The van der Waals surface area contributed by atoms with Crippen molar-refractivity contribution in [1.82, 2.24) is 29.4 Å². The molecule has 11 nitrogen and oxygen atoms in total. The van der Waals surface area contributed by atoms with Gasteiger partial charge in [0, 0.05) is 25.4 Å². The molecule has 2 amide bonds. The first-order valence-electron chi connectivity index (χ1n) is 11.3. The van der Waals surface area contributed by atoms with Gasteiger partial charge in [-0.05, 0) is 31.5 Å². The summed E-state index contributed by atoms with van der Waals surface area (Å²) < 4.78 is 61.1. The van der Waals surface area contributed by atoms with Crippen LogP contribution in [0, 0.1) is 6.92 Å². The number of fused-ring (bicyclic) bond motifs is 1. The molecule has 0 radical (unpaired) electrons. The largest absolute Gasteiger partial charge is 0.480 e. The number of aryl methyl sites for hydroxylation is 1. The fraction of sp³-hybridized carbons (Fsp3) is 0.435. The zero-order valence-corrected chi connectivity index (χ0v) is 20.8. The number of carbonyl (C=O) groups excluding carboxylic acids is 2. The van der Waals surface area contributed by atoms with E-state index in [2.05, 4.69) is 15.1 Å². The second-order valence-electron chi connectivity index (χ2n) is 9.18. The minimum Gasteiger partial charge on any atom is -0.480 e. The summed E-state index contributed by atoms with van der Waals surface area (Å²) in [5, 5.41) is 13.9. The smallest absolute Gasteiger partial charge is 0.426 e. The monoisotopic (exact) mass is 539 g/mol. The van der Waals surface area contributed by atoms with Crippen molar-refractivity contribution in [2.24, 2.45) is 0 Å². The number of aliphatic hydroxyl groups is 1. The zero-order chi connectivity index (χ0) is 28.2. The number of amides is 2. The van der Waals surface area contributed by atoms with Crippen LogP contribution in [0.5, 0.6) is 5.88 Å². The molecule has 3 atom stereocenters. The van der Waals surface area contributed by atoms with Crippen LogP contribution in [0.3, 0.4) is 0 Å². The van der Waals surface area contributed by atoms with E-state index in [-0.39, 0.29) is 17.3 Å². The van der Waals surface area contributed by atoms with Gasteiger partial charge in [0.1, 0.15) is 23.6 Å². The lowest BCUT2D eigenvalue weighted by Gasteiger charge is -2.30. The van der Waals surface area contributed by atoms with Crippen molar-refractivity contribution in [2.45, 2.75) is 37.8 Å². The average molecular weight is 539 g/mol. The highest BCUT2D eigenvalue weighted by molar-refractivity contribution is 5.98. The predicted molar refractivity (Wildman–Crippen MR) is 126 cm³/mol. The first-order valence-corrected chi connectivity index (χ1v) is 11.3. The highest BCUT2D eigenvalue weighted by Crippen LogP contribution is 2.34. The summed E-state index contributed by atoms with van der Waals surface area (Å²) >= 11 is 0. The predicted octanol–water partition coefficient (Wildman–Crippen LogP) is 1.62. The summed E-state index contributed by atoms with van der Waals surface area (Å²) in [6.45, 7) is 0.834. The first-order chi connectivity index (χ1) is 17.7. The first kappa shape index (κ1) is 27.0. The number of methoxy groups -OCH3 is 1. The lowest BCUT2D eigenvalue weighted by atomic mass is 10.1. The number of anilines is 1. The minimum absolute atomic E-state index is 0.0543. The molecule has 0 saturated carbocycles. The molecule has 3 N–H and O–H groups in total. The van der Waals surface area contributed by atoms with Gasteiger partial charge in [-0.3, -0.25) is 9.59 Å². The maximum absolute atomic E-state index is 14.9. The highest BCUT2D eigenvalue weighted by Gasteiger charge is 2.58. The van der Waals surface area contributed by atoms with E-state index in [4.69, 9.17) is 10.5 Å². The van der Waals surface area contributed by atoms with E-state index in [1.807, 2.05) is 0 Å². The molecular weight excluding hydrogens is 514 g/mol. The summed E-state index contributed by atoms with van der Waals surface area (Å²) in [5.74, 6) is -2.26. The number of aromatic nitrogens is 4. The van der Waals surface area contributed by atoms with E-state index in [0.717, 1.165) is 10.5 Å². The fourth-order valence-corrected chi connectivity index (χ4v) is 4.41. The van der Waals surface area contributed by atoms with E-state index in [0.29, 0.717) is 28.6 Å². The SMILES string of the molecule is COc1ncc(-c2cc(C)c3c(N)ncnn23)cc1C(=O)N(C)[C@@H]1CN(C(=O)[C@@](C)(O)C(F)(F)F)C[C@@H]1F. The number of nitrogens with zero attached hydrogens (tertiary/aromatic N) is 6. The molecule has 0 aromatic carbocycles. The van der Waals surface area contributed by atoms with Gasteiger partial charge in [-0.25, -0.2) is 18.9 Å². The van der Waals surface area contributed by atoms with Crippen LogP contribution in [-0.2, 0) is 4.79 Å². The van der Waals surface area contributed by atoms with Crippen molar-refractivity contribution < 1.29 is 37.0 Å². The summed E-state index contributed by atoms with van der Waals surface area (Å²) in [4.78, 5) is 35.5. The van der Waals surface area contributed by atoms with Gasteiger partial charge in [-0.2, -0.15) is 18.3 Å². The maximum Gasteiger partial charge on any atom is 0.426 e. The van der Waals surface area contributed by atoms with Gasteiger partial charge in [-0.1, -0.05) is 0 Å². The van der Waals surface area contributed by atoms with Gasteiger partial charge in [0.25, 0.3) is 11.8 Å². The summed E-state index contributed by atoms with van der Waals surface area (Å²) in [5.41, 5.74) is 4.53. The second kappa shape index (κ2) is 9.38. The number of likely N-dealkylation sites (N-methyl/N-ethyl adjacent to an activating group) is 1. The topological polar surface area (TPSA) is 139 Å². The summed E-state index contributed by atoms with van der Waals surface area (Å²) in [6.07, 6.45) is -4.41. The fourth-order valence-electron chi connectivity index (χ4n) is 4.41. The van der Waals surface area contributed by atoms with Gasteiger partial charge in [0.2, 0.25) is 11.5 Å². The van der Waals surface area contributed by atoms with Crippen LogP contribution in [0.2, 0.25) is 0 Å². The molecule has 3 aromatic heterocycles. The molecule has 1 aliphatic rings. The number of halogens is 4. The summed E-state index contributed by atoms with van der Waals surface area (Å²) in [6, 6.07) is 1.95. The number of nitrogens with two attached hydrogens (primary N) is 1. The Labute approximate surface area is 213 Å². The van der Waals surface area contributed by atoms with Crippen molar-refractivity contribution in [3.63, 3.8) is 0 Å². The molecule has 3 aromatic rings. The lowest BCUT2D eigenvalue weighted by Crippen LogP contribution is -2.56. The number of rotatable bonds is 5. The van der Waals surface area contributed by atoms with Gasteiger partial charge in [-0.15, -0.1) is 0 Å². The molecule has 1 aliphatic heterocycles. The van der Waals surface area contributed by atoms with Crippen LogP contribution in [0.4, 0.5) is 23.4 Å². The van der Waals surface area contributed by atoms with Crippen LogP contribution in [-0.4, -0.2) is 97.5 Å². The number of carbonyl (C=O) groups is 2. The molecule has 38 heavy (non-hydrogen) atoms. The maximum atomic E-state index is 14.9. The lowest BCUT2D eigenvalue weighted by molar-refractivity contribution is -0.249. The third-order valence-electron chi connectivity index (χ3n) is 6.64. The Kier molecular flexibility index (Phi) is 6.67. The molecule has 204 valence electrons. The van der Waals surface area contributed by atoms with Crippen LogP contribution in [0.25, 0.3) is 16.8 Å². The molecule has 4 heterocycles. The highest BCUT2D eigenvalue weighted by atomic mass is 19.4. The standard InChI is InChI=1S/C23H25F4N7O4/c1-11-5-15(34-17(11)18(28)30-10-31-34)12-6-13(19(38-4)29-7-12)20(35)32(3)16-9-33(8-14(16)24)21(36)22(2,37)23(25,26)27/h5-7,10,14,16,37H,8-9H2,1-4H3,(H2,28,30,31)/t14-,16+,22+/m0/s1. The molecule has 15 heteroatoms. The molecule has 0 unspecified atom stereocenters. The molecule has 1 fully saturated rings. The van der Waals surface area contributed by atoms with E-state index >= 15 is 0 Å². The Bertz CT molecular complexity index is 1410. The molecule has 0 bridgehead atoms. The van der Waals surface area contributed by atoms with Crippen molar-refractivity contribution in [2.75, 3.05) is 33.0 Å². The average Bonchev–Trinajstić information content (AvgIpc) is 3.42. The Morgan fingerprint density at radius 1 is 1.24 bits per heavy atom. The van der Waals surface area contributed by atoms with E-state index in [1.54, 1.807) is 13.0 Å². The van der Waals surface area contributed by atoms with Crippen LogP contribution >= 0.6 is 0 Å². The third-order valence-corrected chi connectivity index (χ3v) is 6.64. The van der Waals surface area contributed by atoms with Gasteiger partial charge >= 0.3 is 6.18 Å². The molecule has 0 spiro atoms. The molecule has 0 aliphatic carbocycles. The van der Waals surface area contributed by atoms with E-state index in [9.17, 15) is 32.3 Å². The third kappa shape index (κ3) is 4.36.